The Morgan fingerprint density at radius 3 is 2.95 bits per heavy atom. The lowest BCUT2D eigenvalue weighted by Crippen LogP contribution is -2.30. The third kappa shape index (κ3) is 1.80. The molecule has 8 nitrogen and oxygen atoms in total. The number of fused-ring (bicyclic) bond motifs is 1. The molecule has 3 rings (SSSR count). The van der Waals surface area contributed by atoms with Crippen molar-refractivity contribution in [3.63, 3.8) is 0 Å². The highest BCUT2D eigenvalue weighted by Crippen LogP contribution is 2.32. The van der Waals surface area contributed by atoms with E-state index in [-0.39, 0.29) is 11.2 Å². The van der Waals surface area contributed by atoms with Gasteiger partial charge in [-0.2, -0.15) is 9.37 Å². The van der Waals surface area contributed by atoms with Crippen molar-refractivity contribution >= 4 is 11.2 Å². The quantitative estimate of drug-likeness (QED) is 0.601. The smallest absolute Gasteiger partial charge is 0.291 e. The van der Waals surface area contributed by atoms with Gasteiger partial charge in [0.15, 0.2) is 23.6 Å². The zero-order valence-electron chi connectivity index (χ0n) is 9.90. The molecule has 1 saturated heterocycles. The van der Waals surface area contributed by atoms with Crippen LogP contribution < -0.4 is 5.56 Å². The number of alkyl halides is 1. The molecule has 0 aromatic carbocycles. The molecule has 3 N–H and O–H groups in total. The van der Waals surface area contributed by atoms with Gasteiger partial charge in [-0.25, -0.2) is 9.37 Å². The molecule has 10 heteroatoms. The van der Waals surface area contributed by atoms with E-state index in [0.29, 0.717) is 0 Å². The Hall–Kier alpha value is -1.91. The lowest BCUT2D eigenvalue weighted by Gasteiger charge is -2.14. The first-order chi connectivity index (χ1) is 9.52. The summed E-state index contributed by atoms with van der Waals surface area (Å²) in [6.07, 6.45) is -5.93. The first-order valence-corrected chi connectivity index (χ1v) is 5.73. The highest BCUT2D eigenvalue weighted by molar-refractivity contribution is 5.69. The number of ether oxygens (including phenoxy) is 1. The Labute approximate surface area is 109 Å². The molecule has 0 radical (unpaired) electrons. The summed E-state index contributed by atoms with van der Waals surface area (Å²) in [5.74, 6) is 0. The van der Waals surface area contributed by atoms with Gasteiger partial charge in [0.1, 0.15) is 12.2 Å². The number of aliphatic hydroxyl groups is 2. The average Bonchev–Trinajstić information content (AvgIpc) is 2.93. The molecule has 1 aliphatic heterocycles. The monoisotopic (exact) mass is 288 g/mol. The van der Waals surface area contributed by atoms with Gasteiger partial charge in [0.05, 0.1) is 12.9 Å². The van der Waals surface area contributed by atoms with Crippen molar-refractivity contribution < 1.29 is 23.7 Å². The lowest BCUT2D eigenvalue weighted by atomic mass is 10.1. The van der Waals surface area contributed by atoms with Crippen LogP contribution in [0.15, 0.2) is 11.1 Å². The molecule has 1 fully saturated rings. The first-order valence-electron chi connectivity index (χ1n) is 5.73. The van der Waals surface area contributed by atoms with E-state index in [2.05, 4.69) is 9.97 Å². The number of halogens is 2. The summed E-state index contributed by atoms with van der Waals surface area (Å²) in [5.41, 5.74) is -1.19. The number of hydrogen-bond donors (Lipinski definition) is 3. The van der Waals surface area contributed by atoms with Gasteiger partial charge in [0.25, 0.3) is 11.6 Å². The Morgan fingerprint density at radius 2 is 2.30 bits per heavy atom. The van der Waals surface area contributed by atoms with E-state index in [4.69, 9.17) is 9.84 Å². The van der Waals surface area contributed by atoms with Crippen LogP contribution in [0.25, 0.3) is 11.2 Å². The fourth-order valence-electron chi connectivity index (χ4n) is 2.16. The maximum Gasteiger partial charge on any atom is 0.291 e. The van der Waals surface area contributed by atoms with Gasteiger partial charge >= 0.3 is 0 Å². The van der Waals surface area contributed by atoms with Crippen molar-refractivity contribution in [1.29, 1.82) is 0 Å². The number of rotatable bonds is 2. The number of aromatic nitrogens is 4. The number of hydrogen-bond acceptors (Lipinski definition) is 6. The molecule has 2 aromatic heterocycles. The van der Waals surface area contributed by atoms with Crippen LogP contribution in [0.3, 0.4) is 0 Å². The molecule has 0 amide bonds. The van der Waals surface area contributed by atoms with Gasteiger partial charge in [-0.3, -0.25) is 14.3 Å². The molecular formula is C10H10F2N4O4. The third-order valence-electron chi connectivity index (χ3n) is 3.15. The van der Waals surface area contributed by atoms with Crippen molar-refractivity contribution in [3.05, 3.63) is 22.8 Å². The molecule has 0 spiro atoms. The van der Waals surface area contributed by atoms with E-state index in [0.717, 1.165) is 10.9 Å². The zero-order chi connectivity index (χ0) is 14.4. The molecule has 108 valence electrons. The predicted molar refractivity (Wildman–Crippen MR) is 60.0 cm³/mol. The average molecular weight is 288 g/mol. The molecule has 0 unspecified atom stereocenters. The fraction of sp³-hybridized carbons (Fsp3) is 0.500. The largest absolute Gasteiger partial charge is 0.394 e. The van der Waals surface area contributed by atoms with E-state index < -0.39 is 42.9 Å². The second kappa shape index (κ2) is 4.58. The van der Waals surface area contributed by atoms with Gasteiger partial charge in [-0.15, -0.1) is 0 Å². The van der Waals surface area contributed by atoms with Crippen LogP contribution in [0.1, 0.15) is 6.23 Å². The minimum absolute atomic E-state index is 0.177. The summed E-state index contributed by atoms with van der Waals surface area (Å²) < 4.78 is 33.2. The molecule has 20 heavy (non-hydrogen) atoms. The van der Waals surface area contributed by atoms with Crippen molar-refractivity contribution in [2.45, 2.75) is 24.6 Å². The minimum atomic E-state index is -1.87. The standard InChI is InChI=1S/C10H10F2N4O4/c11-4-6(18)3(1-17)20-9(4)16-2-13-5-7(16)14-10(12)15-8(5)19/h2-4,6,9,17-18H,1H2,(H,14,15,19)/t3-,4+,6-,9-/m1/s1. The van der Waals surface area contributed by atoms with Crippen LogP contribution in [-0.2, 0) is 4.74 Å². The normalized spacial score (nSPS) is 30.2. The van der Waals surface area contributed by atoms with Crippen molar-refractivity contribution in [2.24, 2.45) is 0 Å². The number of nitrogens with one attached hydrogen (secondary N) is 1. The van der Waals surface area contributed by atoms with Crippen molar-refractivity contribution in [2.75, 3.05) is 6.61 Å². The van der Waals surface area contributed by atoms with Crippen molar-refractivity contribution in [1.82, 2.24) is 19.5 Å². The second-order valence-electron chi connectivity index (χ2n) is 4.36. The van der Waals surface area contributed by atoms with Crippen LogP contribution in [0.4, 0.5) is 8.78 Å². The van der Waals surface area contributed by atoms with Crippen LogP contribution in [0, 0.1) is 6.08 Å². The molecule has 3 heterocycles. The van der Waals surface area contributed by atoms with E-state index in [9.17, 15) is 18.7 Å². The van der Waals surface area contributed by atoms with Gasteiger partial charge < -0.3 is 14.9 Å². The summed E-state index contributed by atoms with van der Waals surface area (Å²) in [4.78, 5) is 20.4. The molecule has 0 aliphatic carbocycles. The summed E-state index contributed by atoms with van der Waals surface area (Å²) in [6.45, 7) is -0.576. The van der Waals surface area contributed by atoms with Gasteiger partial charge in [0.2, 0.25) is 0 Å². The minimum Gasteiger partial charge on any atom is -0.394 e. The highest BCUT2D eigenvalue weighted by atomic mass is 19.1. The molecular weight excluding hydrogens is 278 g/mol. The predicted octanol–water partition coefficient (Wildman–Crippen LogP) is -1.15. The van der Waals surface area contributed by atoms with E-state index in [1.165, 1.54) is 0 Å². The third-order valence-corrected chi connectivity index (χ3v) is 3.15. The SMILES string of the molecule is O=c1[nH]c(F)nc2c1ncn2[C@@H]1O[C@H](CO)[C@@H](O)[C@@H]1F. The molecule has 1 aliphatic rings. The Bertz CT molecular complexity index is 702. The topological polar surface area (TPSA) is 113 Å². The highest BCUT2D eigenvalue weighted by Gasteiger charge is 2.45. The van der Waals surface area contributed by atoms with Crippen LogP contribution in [-0.4, -0.2) is 54.7 Å². The number of H-pyrrole nitrogens is 1. The summed E-state index contributed by atoms with van der Waals surface area (Å²) in [5, 5.41) is 18.5. The maximum atomic E-state index is 14.0. The van der Waals surface area contributed by atoms with Crippen LogP contribution in [0.5, 0.6) is 0 Å². The summed E-state index contributed by atoms with van der Waals surface area (Å²) >= 11 is 0. The molecule has 4 atom stereocenters. The first kappa shape index (κ1) is 13.1. The maximum absolute atomic E-state index is 14.0. The Kier molecular flexibility index (Phi) is 3.00. The number of nitrogens with zero attached hydrogens (tertiary/aromatic N) is 3. The van der Waals surface area contributed by atoms with Crippen LogP contribution in [0.2, 0.25) is 0 Å². The van der Waals surface area contributed by atoms with Crippen molar-refractivity contribution in [3.8, 4) is 0 Å². The lowest BCUT2D eigenvalue weighted by molar-refractivity contribution is -0.0459. The molecule has 0 saturated carbocycles. The van der Waals surface area contributed by atoms with Gasteiger partial charge in [0, 0.05) is 0 Å². The number of aromatic amines is 1. The van der Waals surface area contributed by atoms with Gasteiger partial charge in [-0.1, -0.05) is 0 Å². The Balaban J connectivity index is 2.09. The van der Waals surface area contributed by atoms with E-state index in [1.54, 1.807) is 0 Å². The second-order valence-corrected chi connectivity index (χ2v) is 4.36. The van der Waals surface area contributed by atoms with E-state index in [1.807, 2.05) is 4.98 Å². The zero-order valence-corrected chi connectivity index (χ0v) is 9.90. The van der Waals surface area contributed by atoms with E-state index >= 15 is 0 Å². The number of aliphatic hydroxyl groups excluding tert-OH is 2. The molecule has 2 aromatic rings. The fourth-order valence-corrected chi connectivity index (χ4v) is 2.16. The molecule has 0 bridgehead atoms. The van der Waals surface area contributed by atoms with Gasteiger partial charge in [-0.05, 0) is 0 Å². The summed E-state index contributed by atoms with van der Waals surface area (Å²) in [6, 6.07) is 0. The van der Waals surface area contributed by atoms with Crippen LogP contribution >= 0.6 is 0 Å². The summed E-state index contributed by atoms with van der Waals surface area (Å²) in [7, 11) is 0. The number of imidazole rings is 1. The Morgan fingerprint density at radius 1 is 1.55 bits per heavy atom.